The molecule has 8 nitrogen and oxygen atoms in total. The van der Waals surface area contributed by atoms with Crippen LogP contribution in [-0.2, 0) is 11.2 Å². The van der Waals surface area contributed by atoms with E-state index in [0.717, 1.165) is 0 Å². The second-order valence-corrected chi connectivity index (χ2v) is 7.54. The van der Waals surface area contributed by atoms with Gasteiger partial charge < -0.3 is 10.6 Å². The van der Waals surface area contributed by atoms with Crippen LogP contribution < -0.4 is 10.6 Å². The average molecular weight is 488 g/mol. The van der Waals surface area contributed by atoms with Crippen molar-refractivity contribution in [3.63, 3.8) is 0 Å². The molecule has 0 saturated carbocycles. The zero-order valence-electron chi connectivity index (χ0n) is 16.0. The monoisotopic (exact) mass is 486 g/mol. The Morgan fingerprint density at radius 1 is 1.33 bits per heavy atom. The largest absolute Gasteiger partial charge is 0.359 e. The number of amides is 2. The summed E-state index contributed by atoms with van der Waals surface area (Å²) in [5.74, 6) is -0.411. The molecule has 152 valence electrons. The number of carbonyl (C=O) groups excluding carboxylic acids is 2. The second kappa shape index (κ2) is 9.07. The minimum atomic E-state index is -0.471. The van der Waals surface area contributed by atoms with Crippen LogP contribution in [0.5, 0.6) is 0 Å². The Bertz CT molecular complexity index is 1180. The number of likely N-dealkylation sites (N-methyl/N-ethyl adjacent to an activating group) is 1. The molecule has 0 spiro atoms. The van der Waals surface area contributed by atoms with Crippen LogP contribution in [0.15, 0.2) is 41.1 Å². The molecule has 3 aromatic rings. The second-order valence-electron chi connectivity index (χ2n) is 6.32. The van der Waals surface area contributed by atoms with Gasteiger partial charge in [0.1, 0.15) is 10.3 Å². The van der Waals surface area contributed by atoms with Gasteiger partial charge in [-0.15, -0.1) is 0 Å². The van der Waals surface area contributed by atoms with Gasteiger partial charge in [0, 0.05) is 25.0 Å². The fraction of sp³-hybridized carbons (Fsp3) is 0.150. The molecular weight excluding hydrogens is 472 g/mol. The van der Waals surface area contributed by atoms with Crippen LogP contribution in [0.4, 0.5) is 5.69 Å². The van der Waals surface area contributed by atoms with E-state index >= 15 is 0 Å². The summed E-state index contributed by atoms with van der Waals surface area (Å²) in [4.78, 5) is 29.2. The lowest BCUT2D eigenvalue weighted by Gasteiger charge is -2.15. The fourth-order valence-electron chi connectivity index (χ4n) is 2.89. The highest BCUT2D eigenvalue weighted by atomic mass is 79.9. The van der Waals surface area contributed by atoms with Crippen LogP contribution in [0.2, 0.25) is 5.02 Å². The number of aromatic nitrogens is 3. The summed E-state index contributed by atoms with van der Waals surface area (Å²) < 4.78 is 1.76. The number of nitrogens with zero attached hydrogens (tertiary/aromatic N) is 4. The number of nitriles is 1. The maximum absolute atomic E-state index is 13.1. The molecule has 3 rings (SSSR count). The number of anilines is 1. The molecule has 0 aliphatic rings. The zero-order chi connectivity index (χ0) is 21.8. The van der Waals surface area contributed by atoms with Gasteiger partial charge in [-0.25, -0.2) is 9.67 Å². The molecule has 2 heterocycles. The summed E-state index contributed by atoms with van der Waals surface area (Å²) in [5, 5.41) is 19.2. The highest BCUT2D eigenvalue weighted by Crippen LogP contribution is 2.26. The predicted octanol–water partition coefficient (Wildman–Crippen LogP) is 3.40. The molecule has 0 aliphatic carbocycles. The third kappa shape index (κ3) is 4.50. The molecule has 2 aromatic heterocycles. The summed E-state index contributed by atoms with van der Waals surface area (Å²) in [6, 6.07) is 10.2. The SMILES string of the molecule is CNC(=O)Cc1cc(C#N)cc(C)c1NC(=O)c1cc(Br)nn1-c1ncccc1Cl. The van der Waals surface area contributed by atoms with Crippen LogP contribution in [-0.4, -0.2) is 33.6 Å². The molecule has 0 unspecified atom stereocenters. The van der Waals surface area contributed by atoms with E-state index in [1.54, 1.807) is 37.4 Å². The number of nitrogens with one attached hydrogen (secondary N) is 2. The number of hydrogen-bond donors (Lipinski definition) is 2. The molecule has 10 heteroatoms. The summed E-state index contributed by atoms with van der Waals surface area (Å²) >= 11 is 9.49. The first-order chi connectivity index (χ1) is 14.3. The quantitative estimate of drug-likeness (QED) is 0.573. The summed E-state index contributed by atoms with van der Waals surface area (Å²) in [6.07, 6.45) is 1.56. The minimum Gasteiger partial charge on any atom is -0.359 e. The Hall–Kier alpha value is -3.22. The molecule has 0 radical (unpaired) electrons. The Morgan fingerprint density at radius 3 is 2.77 bits per heavy atom. The van der Waals surface area contributed by atoms with E-state index in [1.807, 2.05) is 0 Å². The van der Waals surface area contributed by atoms with Crippen LogP contribution in [0.3, 0.4) is 0 Å². The molecule has 30 heavy (non-hydrogen) atoms. The van der Waals surface area contributed by atoms with Crippen molar-refractivity contribution in [1.29, 1.82) is 5.26 Å². The normalized spacial score (nSPS) is 10.4. The Morgan fingerprint density at radius 2 is 2.10 bits per heavy atom. The van der Waals surface area contributed by atoms with Gasteiger partial charge in [0.25, 0.3) is 5.91 Å². The molecule has 0 fully saturated rings. The number of hydrogen-bond acceptors (Lipinski definition) is 5. The van der Waals surface area contributed by atoms with E-state index in [9.17, 15) is 14.9 Å². The molecular formula is C20H16BrClN6O2. The first kappa shape index (κ1) is 21.5. The van der Waals surface area contributed by atoms with E-state index in [1.165, 1.54) is 17.8 Å². The molecule has 0 bridgehead atoms. The van der Waals surface area contributed by atoms with Crippen molar-refractivity contribution in [3.8, 4) is 11.9 Å². The number of pyridine rings is 1. The van der Waals surface area contributed by atoms with Crippen molar-refractivity contribution in [2.75, 3.05) is 12.4 Å². The topological polar surface area (TPSA) is 113 Å². The molecule has 2 N–H and O–H groups in total. The maximum Gasteiger partial charge on any atom is 0.274 e. The lowest BCUT2D eigenvalue weighted by Crippen LogP contribution is -2.23. The molecule has 1 aromatic carbocycles. The van der Waals surface area contributed by atoms with Gasteiger partial charge in [0.15, 0.2) is 5.82 Å². The number of rotatable bonds is 5. The number of aryl methyl sites for hydroxylation is 1. The van der Waals surface area contributed by atoms with E-state index in [2.05, 4.69) is 42.7 Å². The number of halogens is 2. The van der Waals surface area contributed by atoms with Gasteiger partial charge in [-0.1, -0.05) is 11.6 Å². The summed E-state index contributed by atoms with van der Waals surface area (Å²) in [6.45, 7) is 1.76. The smallest absolute Gasteiger partial charge is 0.274 e. The van der Waals surface area contributed by atoms with Crippen molar-refractivity contribution < 1.29 is 9.59 Å². The van der Waals surface area contributed by atoms with Crippen LogP contribution in [0, 0.1) is 18.3 Å². The highest BCUT2D eigenvalue weighted by Gasteiger charge is 2.21. The first-order valence-corrected chi connectivity index (χ1v) is 9.93. The maximum atomic E-state index is 13.1. The van der Waals surface area contributed by atoms with E-state index in [0.29, 0.717) is 37.8 Å². The van der Waals surface area contributed by atoms with Crippen LogP contribution >= 0.6 is 27.5 Å². The average Bonchev–Trinajstić information content (AvgIpc) is 3.11. The van der Waals surface area contributed by atoms with Gasteiger partial charge in [-0.05, 0) is 58.2 Å². The van der Waals surface area contributed by atoms with Gasteiger partial charge >= 0.3 is 0 Å². The van der Waals surface area contributed by atoms with Gasteiger partial charge in [0.05, 0.1) is 23.1 Å². The highest BCUT2D eigenvalue weighted by molar-refractivity contribution is 9.10. The fourth-order valence-corrected chi connectivity index (χ4v) is 3.47. The van der Waals surface area contributed by atoms with E-state index in [4.69, 9.17) is 11.6 Å². The van der Waals surface area contributed by atoms with Crippen LogP contribution in [0.1, 0.15) is 27.2 Å². The van der Waals surface area contributed by atoms with Crippen molar-refractivity contribution >= 4 is 45.0 Å². The Balaban J connectivity index is 2.03. The van der Waals surface area contributed by atoms with Crippen molar-refractivity contribution in [3.05, 3.63) is 68.5 Å². The zero-order valence-corrected chi connectivity index (χ0v) is 18.4. The van der Waals surface area contributed by atoms with Crippen molar-refractivity contribution in [2.24, 2.45) is 0 Å². The van der Waals surface area contributed by atoms with Gasteiger partial charge in [-0.2, -0.15) is 10.4 Å². The molecule has 2 amide bonds. The molecule has 0 atom stereocenters. The lowest BCUT2D eigenvalue weighted by molar-refractivity contribution is -0.119. The Labute approximate surface area is 186 Å². The summed E-state index contributed by atoms with van der Waals surface area (Å²) in [5.41, 5.74) is 2.23. The summed E-state index contributed by atoms with van der Waals surface area (Å²) in [7, 11) is 1.52. The Kier molecular flexibility index (Phi) is 6.50. The van der Waals surface area contributed by atoms with Crippen molar-refractivity contribution in [1.82, 2.24) is 20.1 Å². The number of carbonyl (C=O) groups is 2. The van der Waals surface area contributed by atoms with Gasteiger partial charge in [-0.3, -0.25) is 9.59 Å². The predicted molar refractivity (Wildman–Crippen MR) is 116 cm³/mol. The van der Waals surface area contributed by atoms with E-state index in [-0.39, 0.29) is 18.0 Å². The third-order valence-corrected chi connectivity index (χ3v) is 4.95. The lowest BCUT2D eigenvalue weighted by atomic mass is 10.0. The standard InChI is InChI=1S/C20H16BrClN6O2/c1-11-6-12(10-23)7-13(8-17(29)24-2)18(11)26-20(30)15-9-16(21)27-28(15)19-14(22)4-3-5-25-19/h3-7,9H,8H2,1-2H3,(H,24,29)(H,26,30). The first-order valence-electron chi connectivity index (χ1n) is 8.76. The van der Waals surface area contributed by atoms with Crippen molar-refractivity contribution in [2.45, 2.75) is 13.3 Å². The van der Waals surface area contributed by atoms with E-state index < -0.39 is 5.91 Å². The third-order valence-electron chi connectivity index (χ3n) is 4.27. The molecule has 0 saturated heterocycles. The number of benzene rings is 1. The minimum absolute atomic E-state index is 0.0114. The molecule has 0 aliphatic heterocycles. The van der Waals surface area contributed by atoms with Crippen LogP contribution in [0.25, 0.3) is 5.82 Å². The van der Waals surface area contributed by atoms with Gasteiger partial charge in [0.2, 0.25) is 5.91 Å².